The zero-order chi connectivity index (χ0) is 25.8. The minimum atomic E-state index is -4.82. The zero-order valence-corrected chi connectivity index (χ0v) is 20.0. The number of amides is 1. The monoisotopic (exact) mass is 528 g/mol. The van der Waals surface area contributed by atoms with E-state index in [1.54, 1.807) is 12.1 Å². The summed E-state index contributed by atoms with van der Waals surface area (Å²) in [6.07, 6.45) is -3.51. The third-order valence-electron chi connectivity index (χ3n) is 5.09. The van der Waals surface area contributed by atoms with Gasteiger partial charge >= 0.3 is 6.18 Å². The fourth-order valence-corrected chi connectivity index (χ4v) is 4.41. The first-order chi connectivity index (χ1) is 16.3. The van der Waals surface area contributed by atoms with Crippen LogP contribution in [0.3, 0.4) is 0 Å². The number of carbonyl (C=O) groups is 1. The highest BCUT2D eigenvalue weighted by atomic mass is 35.5. The van der Waals surface area contributed by atoms with Crippen molar-refractivity contribution in [2.24, 2.45) is 0 Å². The second kappa shape index (κ2) is 10.7. The van der Waals surface area contributed by atoms with E-state index >= 15 is 0 Å². The fraction of sp³-hybridized carbons (Fsp3) is 0.208. The van der Waals surface area contributed by atoms with Crippen LogP contribution in [0, 0.1) is 5.82 Å². The van der Waals surface area contributed by atoms with E-state index in [1.165, 1.54) is 42.5 Å². The van der Waals surface area contributed by atoms with Crippen molar-refractivity contribution < 1.29 is 30.8 Å². The molecule has 0 unspecified atom stereocenters. The molecule has 0 radical (unpaired) electrons. The molecule has 11 heteroatoms. The number of hydrogen-bond donors (Lipinski definition) is 1. The molecular formula is C24H21ClF4N2O3S. The van der Waals surface area contributed by atoms with Gasteiger partial charge in [-0.15, -0.1) is 0 Å². The first-order valence-electron chi connectivity index (χ1n) is 10.3. The molecule has 0 spiro atoms. The highest BCUT2D eigenvalue weighted by Gasteiger charge is 2.37. The normalized spacial score (nSPS) is 11.8. The number of benzene rings is 3. The van der Waals surface area contributed by atoms with Crippen LogP contribution < -0.4 is 9.62 Å². The summed E-state index contributed by atoms with van der Waals surface area (Å²) in [7, 11) is -4.09. The molecule has 0 heterocycles. The van der Waals surface area contributed by atoms with Gasteiger partial charge in [0.1, 0.15) is 5.82 Å². The lowest BCUT2D eigenvalue weighted by Crippen LogP contribution is -2.31. The Morgan fingerprint density at radius 3 is 2.14 bits per heavy atom. The standard InChI is InChI=1S/C24H21ClF4N2O3S/c1-35(33,34)31(22-11-8-19(25)14-21(22)24(27,28)29)15-17-2-6-18(7-3-17)23(32)30-13-12-16-4-9-20(26)10-5-16/h2-11,14H,12-13,15H2,1H3,(H,30,32). The van der Waals surface area contributed by atoms with E-state index in [-0.39, 0.29) is 23.3 Å². The molecule has 0 aliphatic rings. The third kappa shape index (κ3) is 7.19. The predicted octanol–water partition coefficient (Wildman–Crippen LogP) is 5.44. The Labute approximate surface area is 205 Å². The van der Waals surface area contributed by atoms with Crippen molar-refractivity contribution in [2.45, 2.75) is 19.1 Å². The van der Waals surface area contributed by atoms with Crippen molar-refractivity contribution in [1.82, 2.24) is 5.32 Å². The Hall–Kier alpha value is -3.11. The zero-order valence-electron chi connectivity index (χ0n) is 18.4. The maximum atomic E-state index is 13.5. The van der Waals surface area contributed by atoms with Crippen LogP contribution in [0.5, 0.6) is 0 Å². The van der Waals surface area contributed by atoms with E-state index in [2.05, 4.69) is 5.32 Å². The number of halogens is 5. The van der Waals surface area contributed by atoms with Gasteiger partial charge in [0, 0.05) is 17.1 Å². The van der Waals surface area contributed by atoms with E-state index in [0.29, 0.717) is 34.5 Å². The van der Waals surface area contributed by atoms with Crippen molar-refractivity contribution in [1.29, 1.82) is 0 Å². The lowest BCUT2D eigenvalue weighted by atomic mass is 10.1. The number of carbonyl (C=O) groups excluding carboxylic acids is 1. The molecule has 1 amide bonds. The van der Waals surface area contributed by atoms with Gasteiger partial charge < -0.3 is 5.32 Å². The van der Waals surface area contributed by atoms with Crippen molar-refractivity contribution >= 4 is 33.2 Å². The molecule has 0 aliphatic carbocycles. The summed E-state index contributed by atoms with van der Waals surface area (Å²) in [6, 6.07) is 14.6. The summed E-state index contributed by atoms with van der Waals surface area (Å²) >= 11 is 5.71. The highest BCUT2D eigenvalue weighted by Crippen LogP contribution is 2.39. The van der Waals surface area contributed by atoms with Crippen LogP contribution in [0.4, 0.5) is 23.2 Å². The number of nitrogens with zero attached hydrogens (tertiary/aromatic N) is 1. The lowest BCUT2D eigenvalue weighted by molar-refractivity contribution is -0.137. The van der Waals surface area contributed by atoms with Crippen molar-refractivity contribution in [3.05, 3.63) is 99.8 Å². The Morgan fingerprint density at radius 1 is 0.971 bits per heavy atom. The van der Waals surface area contributed by atoms with Crippen molar-refractivity contribution in [3.8, 4) is 0 Å². The summed E-state index contributed by atoms with van der Waals surface area (Å²) in [6.45, 7) is -0.0686. The fourth-order valence-electron chi connectivity index (χ4n) is 3.33. The summed E-state index contributed by atoms with van der Waals surface area (Å²) in [5.74, 6) is -0.728. The topological polar surface area (TPSA) is 66.5 Å². The Bertz CT molecular complexity index is 1300. The highest BCUT2D eigenvalue weighted by molar-refractivity contribution is 7.92. The summed E-state index contributed by atoms with van der Waals surface area (Å²) in [5, 5.41) is 2.55. The molecule has 3 aromatic carbocycles. The molecule has 0 aliphatic heterocycles. The second-order valence-electron chi connectivity index (χ2n) is 7.76. The number of anilines is 1. The molecule has 0 atom stereocenters. The van der Waals surface area contributed by atoms with Crippen molar-refractivity contribution in [2.75, 3.05) is 17.1 Å². The molecule has 0 saturated carbocycles. The molecule has 35 heavy (non-hydrogen) atoms. The van der Waals surface area contributed by atoms with Crippen LogP contribution in [0.2, 0.25) is 5.02 Å². The van der Waals surface area contributed by atoms with Crippen molar-refractivity contribution in [3.63, 3.8) is 0 Å². The van der Waals surface area contributed by atoms with Gasteiger partial charge in [-0.3, -0.25) is 9.10 Å². The molecule has 0 aromatic heterocycles. The van der Waals surface area contributed by atoms with Crippen LogP contribution in [-0.2, 0) is 29.2 Å². The molecule has 3 aromatic rings. The van der Waals surface area contributed by atoms with Gasteiger partial charge in [-0.25, -0.2) is 12.8 Å². The Morgan fingerprint density at radius 2 is 1.57 bits per heavy atom. The lowest BCUT2D eigenvalue weighted by Gasteiger charge is -2.26. The van der Waals surface area contributed by atoms with Gasteiger partial charge in [0.05, 0.1) is 24.1 Å². The van der Waals surface area contributed by atoms with Gasteiger partial charge in [-0.2, -0.15) is 13.2 Å². The van der Waals surface area contributed by atoms with Crippen LogP contribution in [0.25, 0.3) is 0 Å². The number of alkyl halides is 3. The van der Waals surface area contributed by atoms with Crippen LogP contribution >= 0.6 is 11.6 Å². The maximum Gasteiger partial charge on any atom is 0.418 e. The molecule has 0 bridgehead atoms. The number of sulfonamides is 1. The van der Waals surface area contributed by atoms with Gasteiger partial charge in [0.15, 0.2) is 0 Å². The largest absolute Gasteiger partial charge is 0.418 e. The molecule has 0 fully saturated rings. The first kappa shape index (κ1) is 26.5. The molecular weight excluding hydrogens is 508 g/mol. The molecule has 1 N–H and O–H groups in total. The van der Waals surface area contributed by atoms with E-state index in [0.717, 1.165) is 17.9 Å². The Kier molecular flexibility index (Phi) is 8.07. The van der Waals surface area contributed by atoms with Gasteiger partial charge in [-0.1, -0.05) is 35.9 Å². The van der Waals surface area contributed by atoms with Gasteiger partial charge in [-0.05, 0) is 60.0 Å². The smallest absolute Gasteiger partial charge is 0.352 e. The summed E-state index contributed by atoms with van der Waals surface area (Å²) < 4.78 is 79.0. The molecule has 5 nitrogen and oxygen atoms in total. The third-order valence-corrected chi connectivity index (χ3v) is 6.45. The molecule has 186 valence electrons. The second-order valence-corrected chi connectivity index (χ2v) is 10.1. The first-order valence-corrected chi connectivity index (χ1v) is 12.5. The average molecular weight is 529 g/mol. The van der Waals surface area contributed by atoms with E-state index in [9.17, 15) is 30.8 Å². The van der Waals surface area contributed by atoms with Gasteiger partial charge in [0.2, 0.25) is 10.0 Å². The predicted molar refractivity (Wildman–Crippen MR) is 126 cm³/mol. The Balaban J connectivity index is 1.73. The number of nitrogens with one attached hydrogen (secondary N) is 1. The SMILES string of the molecule is CS(=O)(=O)N(Cc1ccc(C(=O)NCCc2ccc(F)cc2)cc1)c1ccc(Cl)cc1C(F)(F)F. The minimum Gasteiger partial charge on any atom is -0.352 e. The average Bonchev–Trinajstić information content (AvgIpc) is 2.78. The summed E-state index contributed by atoms with van der Waals surface area (Å²) in [5.41, 5.74) is -0.203. The van der Waals surface area contributed by atoms with E-state index < -0.39 is 27.5 Å². The maximum absolute atomic E-state index is 13.5. The van der Waals surface area contributed by atoms with Crippen LogP contribution in [0.15, 0.2) is 66.7 Å². The van der Waals surface area contributed by atoms with E-state index in [4.69, 9.17) is 11.6 Å². The van der Waals surface area contributed by atoms with Crippen LogP contribution in [-0.4, -0.2) is 27.1 Å². The molecule has 0 saturated heterocycles. The number of rotatable bonds is 8. The van der Waals surface area contributed by atoms with Crippen LogP contribution in [0.1, 0.15) is 27.0 Å². The minimum absolute atomic E-state index is 0.177. The quantitative estimate of drug-likeness (QED) is 0.396. The molecule has 3 rings (SSSR count). The number of hydrogen-bond acceptors (Lipinski definition) is 3. The van der Waals surface area contributed by atoms with Gasteiger partial charge in [0.25, 0.3) is 5.91 Å². The summed E-state index contributed by atoms with van der Waals surface area (Å²) in [4.78, 5) is 12.4. The van der Waals surface area contributed by atoms with E-state index in [1.807, 2.05) is 0 Å².